The van der Waals surface area contributed by atoms with E-state index in [2.05, 4.69) is 61.8 Å². The Morgan fingerprint density at radius 2 is 1.06 bits per heavy atom. The van der Waals surface area contributed by atoms with Crippen molar-refractivity contribution < 1.29 is 14.2 Å². The van der Waals surface area contributed by atoms with Crippen molar-refractivity contribution in [1.29, 1.82) is 0 Å². The van der Waals surface area contributed by atoms with E-state index in [0.29, 0.717) is 0 Å². The minimum atomic E-state index is 0.0913. The van der Waals surface area contributed by atoms with Crippen molar-refractivity contribution in [3.63, 3.8) is 0 Å². The van der Waals surface area contributed by atoms with Crippen molar-refractivity contribution >= 4 is 0 Å². The highest BCUT2D eigenvalue weighted by Gasteiger charge is 2.21. The molecule has 2 aliphatic rings. The molecule has 2 bridgehead atoms. The molecule has 2 unspecified atom stereocenters. The van der Waals surface area contributed by atoms with E-state index in [0.717, 1.165) is 76.6 Å². The van der Waals surface area contributed by atoms with Crippen LogP contribution in [0, 0.1) is 0 Å². The Balaban J connectivity index is 2.06. The molecule has 2 heterocycles. The number of rotatable bonds is 14. The lowest BCUT2D eigenvalue weighted by molar-refractivity contribution is 0.00717. The van der Waals surface area contributed by atoms with Gasteiger partial charge in [-0.25, -0.2) is 0 Å². The third kappa shape index (κ3) is 12.0. The molecule has 0 saturated heterocycles. The van der Waals surface area contributed by atoms with Crippen LogP contribution in [0.5, 0.6) is 11.5 Å². The molecule has 0 fully saturated rings. The van der Waals surface area contributed by atoms with Gasteiger partial charge in [-0.05, 0) is 63.0 Å². The highest BCUT2D eigenvalue weighted by Crippen LogP contribution is 2.24. The molecule has 0 aliphatic carbocycles. The molecular formula is C30H54N2O3. The smallest absolute Gasteiger partial charge is 0.152 e. The second kappa shape index (κ2) is 18.9. The van der Waals surface area contributed by atoms with Crippen LogP contribution in [0.2, 0.25) is 0 Å². The van der Waals surface area contributed by atoms with Gasteiger partial charge in [0.15, 0.2) is 12.5 Å². The summed E-state index contributed by atoms with van der Waals surface area (Å²) in [6.45, 7) is 14.8. The van der Waals surface area contributed by atoms with Gasteiger partial charge in [0.1, 0.15) is 11.5 Å². The maximum Gasteiger partial charge on any atom is 0.152 e. The SMILES string of the molecule is CCCCCCN(CC)C1CCCOCCCC(N(CC)CCCCCC)Oc2ccc(cc2)O1. The summed E-state index contributed by atoms with van der Waals surface area (Å²) in [6.07, 6.45) is 14.4. The monoisotopic (exact) mass is 490 g/mol. The van der Waals surface area contributed by atoms with Crippen molar-refractivity contribution in [2.75, 3.05) is 39.4 Å². The molecule has 1 aromatic rings. The molecule has 35 heavy (non-hydrogen) atoms. The summed E-state index contributed by atoms with van der Waals surface area (Å²) >= 11 is 0. The number of benzene rings is 1. The molecule has 5 nitrogen and oxygen atoms in total. The molecule has 0 aromatic heterocycles. The van der Waals surface area contributed by atoms with Gasteiger partial charge in [-0.15, -0.1) is 0 Å². The van der Waals surface area contributed by atoms with Crippen molar-refractivity contribution in [1.82, 2.24) is 9.80 Å². The maximum absolute atomic E-state index is 6.53. The first-order valence-corrected chi connectivity index (χ1v) is 14.7. The first-order chi connectivity index (χ1) is 17.2. The van der Waals surface area contributed by atoms with Crippen LogP contribution >= 0.6 is 0 Å². The molecule has 3 rings (SSSR count). The number of fused-ring (bicyclic) bond motifs is 12. The van der Waals surface area contributed by atoms with E-state index in [9.17, 15) is 0 Å². The lowest BCUT2D eigenvalue weighted by Crippen LogP contribution is -2.40. The Morgan fingerprint density at radius 3 is 1.43 bits per heavy atom. The predicted molar refractivity (Wildman–Crippen MR) is 147 cm³/mol. The standard InChI is InChI=1S/C30H54N2O3/c1-5-9-11-13-23-31(7-3)29-17-15-25-33-26-16-18-30(32(8-4)24-14-12-10-6-2)35-28-21-19-27(34-29)20-22-28/h19-22,29-30H,5-18,23-26H2,1-4H3. The summed E-state index contributed by atoms with van der Waals surface area (Å²) in [5.74, 6) is 1.85. The van der Waals surface area contributed by atoms with E-state index in [-0.39, 0.29) is 12.5 Å². The molecule has 2 atom stereocenters. The Labute approximate surface area is 216 Å². The fourth-order valence-corrected chi connectivity index (χ4v) is 4.86. The summed E-state index contributed by atoms with van der Waals surface area (Å²) in [4.78, 5) is 4.98. The molecular weight excluding hydrogens is 436 g/mol. The van der Waals surface area contributed by atoms with Gasteiger partial charge in [0.05, 0.1) is 0 Å². The lowest BCUT2D eigenvalue weighted by atomic mass is 10.2. The fraction of sp³-hybridized carbons (Fsp3) is 0.800. The summed E-state index contributed by atoms with van der Waals surface area (Å²) < 4.78 is 19.1. The van der Waals surface area contributed by atoms with E-state index < -0.39 is 0 Å². The van der Waals surface area contributed by atoms with Gasteiger partial charge in [-0.1, -0.05) is 66.2 Å². The van der Waals surface area contributed by atoms with E-state index in [1.54, 1.807) is 0 Å². The van der Waals surface area contributed by atoms with Gasteiger partial charge in [-0.3, -0.25) is 9.80 Å². The first kappa shape index (κ1) is 29.9. The van der Waals surface area contributed by atoms with Crippen molar-refractivity contribution in [3.8, 4) is 11.5 Å². The van der Waals surface area contributed by atoms with Crippen LogP contribution < -0.4 is 9.47 Å². The van der Waals surface area contributed by atoms with E-state index >= 15 is 0 Å². The predicted octanol–water partition coefficient (Wildman–Crippen LogP) is 7.49. The summed E-state index contributed by atoms with van der Waals surface area (Å²) in [5, 5.41) is 0. The zero-order valence-electron chi connectivity index (χ0n) is 23.3. The molecule has 2 aliphatic heterocycles. The quantitative estimate of drug-likeness (QED) is 0.252. The van der Waals surface area contributed by atoms with Gasteiger partial charge >= 0.3 is 0 Å². The molecule has 0 amide bonds. The second-order valence-electron chi connectivity index (χ2n) is 9.89. The third-order valence-corrected chi connectivity index (χ3v) is 7.07. The molecule has 1 aromatic carbocycles. The second-order valence-corrected chi connectivity index (χ2v) is 9.89. The zero-order valence-corrected chi connectivity index (χ0v) is 23.3. The maximum atomic E-state index is 6.53. The Bertz CT molecular complexity index is 572. The molecule has 0 spiro atoms. The van der Waals surface area contributed by atoms with Crippen LogP contribution in [0.25, 0.3) is 0 Å². The largest absolute Gasteiger partial charge is 0.475 e. The van der Waals surface area contributed by atoms with Crippen LogP contribution in [0.1, 0.15) is 105 Å². The molecule has 0 saturated carbocycles. The summed E-state index contributed by atoms with van der Waals surface area (Å²) in [5.41, 5.74) is 0. The number of hydrogen-bond acceptors (Lipinski definition) is 5. The molecule has 202 valence electrons. The number of unbranched alkanes of at least 4 members (excludes halogenated alkanes) is 6. The van der Waals surface area contributed by atoms with Gasteiger partial charge in [0.25, 0.3) is 0 Å². The van der Waals surface area contributed by atoms with Crippen LogP contribution in [0.4, 0.5) is 0 Å². The molecule has 5 heteroatoms. The van der Waals surface area contributed by atoms with Crippen molar-refractivity contribution in [2.24, 2.45) is 0 Å². The number of hydrogen-bond donors (Lipinski definition) is 0. The minimum absolute atomic E-state index is 0.0913. The topological polar surface area (TPSA) is 34.2 Å². The Hall–Kier alpha value is -1.30. The summed E-state index contributed by atoms with van der Waals surface area (Å²) in [7, 11) is 0. The third-order valence-electron chi connectivity index (χ3n) is 7.07. The summed E-state index contributed by atoms with van der Waals surface area (Å²) in [6, 6.07) is 8.33. The lowest BCUT2D eigenvalue weighted by Gasteiger charge is -2.32. The minimum Gasteiger partial charge on any atom is -0.475 e. The van der Waals surface area contributed by atoms with Crippen LogP contribution in [-0.2, 0) is 4.74 Å². The van der Waals surface area contributed by atoms with Gasteiger partial charge < -0.3 is 14.2 Å². The van der Waals surface area contributed by atoms with Gasteiger partial charge in [0.2, 0.25) is 0 Å². The average molecular weight is 491 g/mol. The van der Waals surface area contributed by atoms with Crippen LogP contribution in [-0.4, -0.2) is 61.6 Å². The highest BCUT2D eigenvalue weighted by molar-refractivity contribution is 5.31. The normalized spacial score (nSPS) is 19.8. The fourth-order valence-electron chi connectivity index (χ4n) is 4.86. The number of ether oxygens (including phenoxy) is 3. The van der Waals surface area contributed by atoms with E-state index in [1.807, 2.05) is 0 Å². The molecule has 0 N–H and O–H groups in total. The van der Waals surface area contributed by atoms with Gasteiger partial charge in [0, 0.05) is 39.1 Å². The van der Waals surface area contributed by atoms with Crippen LogP contribution in [0.3, 0.4) is 0 Å². The Kier molecular flexibility index (Phi) is 16.2. The van der Waals surface area contributed by atoms with E-state index in [1.165, 1.54) is 51.4 Å². The zero-order chi connectivity index (χ0) is 25.1. The van der Waals surface area contributed by atoms with Gasteiger partial charge in [-0.2, -0.15) is 0 Å². The first-order valence-electron chi connectivity index (χ1n) is 14.7. The molecule has 0 radical (unpaired) electrons. The van der Waals surface area contributed by atoms with Crippen molar-refractivity contribution in [3.05, 3.63) is 24.3 Å². The van der Waals surface area contributed by atoms with Crippen LogP contribution in [0.15, 0.2) is 24.3 Å². The van der Waals surface area contributed by atoms with E-state index in [4.69, 9.17) is 14.2 Å². The Morgan fingerprint density at radius 1 is 0.629 bits per heavy atom. The number of nitrogens with zero attached hydrogens (tertiary/aromatic N) is 2. The van der Waals surface area contributed by atoms with Crippen molar-refractivity contribution in [2.45, 2.75) is 117 Å². The average Bonchev–Trinajstić information content (AvgIpc) is 2.89. The highest BCUT2D eigenvalue weighted by atomic mass is 16.5.